The molecule has 0 amide bonds. The summed E-state index contributed by atoms with van der Waals surface area (Å²) in [7, 11) is -0.663. The molecule has 0 spiro atoms. The van der Waals surface area contributed by atoms with Crippen molar-refractivity contribution in [2.75, 3.05) is 25.1 Å². The Balaban J connectivity index is 2.35. The molecule has 0 saturated carbocycles. The molecule has 2 rings (SSSR count). The van der Waals surface area contributed by atoms with Gasteiger partial charge in [0, 0.05) is 14.1 Å². The van der Waals surface area contributed by atoms with Crippen LogP contribution in [0.25, 0.3) is 0 Å². The van der Waals surface area contributed by atoms with Crippen LogP contribution in [0.3, 0.4) is 0 Å². The van der Waals surface area contributed by atoms with Gasteiger partial charge in [-0.15, -0.1) is 0 Å². The van der Waals surface area contributed by atoms with Crippen molar-refractivity contribution in [3.63, 3.8) is 0 Å². The Kier molecular flexibility index (Phi) is 4.15. The van der Waals surface area contributed by atoms with E-state index in [2.05, 4.69) is 5.32 Å². The van der Waals surface area contributed by atoms with Crippen LogP contribution in [0, 0.1) is 5.82 Å². The number of anilines is 3. The number of nitrogens with two attached hydrogens (primary N) is 1. The molecular weight excluding hydrogens is 293 g/mol. The van der Waals surface area contributed by atoms with Gasteiger partial charge in [0.05, 0.1) is 22.0 Å². The molecule has 0 aromatic heterocycles. The molecule has 7 heteroatoms. The van der Waals surface area contributed by atoms with Gasteiger partial charge in [0.15, 0.2) is 0 Å². The summed E-state index contributed by atoms with van der Waals surface area (Å²) in [6.45, 7) is 0. The first-order valence-electron chi connectivity index (χ1n) is 6.16. The van der Waals surface area contributed by atoms with Gasteiger partial charge in [-0.3, -0.25) is 0 Å². The maximum atomic E-state index is 13.6. The molecule has 21 heavy (non-hydrogen) atoms. The van der Waals surface area contributed by atoms with Gasteiger partial charge in [-0.2, -0.15) is 0 Å². The molecule has 5 nitrogen and oxygen atoms in total. The lowest BCUT2D eigenvalue weighted by atomic mass is 10.2. The van der Waals surface area contributed by atoms with Gasteiger partial charge in [-0.05, 0) is 30.3 Å². The highest BCUT2D eigenvalue weighted by molar-refractivity contribution is 7.89. The van der Waals surface area contributed by atoms with Crippen molar-refractivity contribution >= 4 is 27.1 Å². The summed E-state index contributed by atoms with van der Waals surface area (Å²) in [4.78, 5) is 0.0871. The lowest BCUT2D eigenvalue weighted by molar-refractivity contribution is 0.521. The van der Waals surface area contributed by atoms with Gasteiger partial charge >= 0.3 is 0 Å². The normalized spacial score (nSPS) is 11.6. The van der Waals surface area contributed by atoms with Crippen LogP contribution >= 0.6 is 0 Å². The van der Waals surface area contributed by atoms with E-state index in [4.69, 9.17) is 5.73 Å². The highest BCUT2D eigenvalue weighted by Crippen LogP contribution is 2.27. The third kappa shape index (κ3) is 3.14. The Bertz CT molecular complexity index is 761. The molecule has 0 radical (unpaired) electrons. The first-order valence-corrected chi connectivity index (χ1v) is 7.60. The lowest BCUT2D eigenvalue weighted by Crippen LogP contribution is -2.22. The van der Waals surface area contributed by atoms with E-state index in [9.17, 15) is 12.8 Å². The van der Waals surface area contributed by atoms with E-state index in [1.807, 2.05) is 0 Å². The third-order valence-corrected chi connectivity index (χ3v) is 4.76. The highest BCUT2D eigenvalue weighted by atomic mass is 32.2. The number of halogens is 1. The zero-order chi connectivity index (χ0) is 15.6. The zero-order valence-electron chi connectivity index (χ0n) is 11.7. The molecule has 0 aliphatic heterocycles. The second-order valence-electron chi connectivity index (χ2n) is 4.64. The van der Waals surface area contributed by atoms with E-state index >= 15 is 0 Å². The van der Waals surface area contributed by atoms with Crippen LogP contribution in [-0.4, -0.2) is 26.8 Å². The minimum atomic E-state index is -3.55. The Morgan fingerprint density at radius 3 is 2.33 bits per heavy atom. The molecule has 112 valence electrons. The van der Waals surface area contributed by atoms with E-state index in [0.29, 0.717) is 5.69 Å². The van der Waals surface area contributed by atoms with Gasteiger partial charge in [0.2, 0.25) is 10.0 Å². The number of benzene rings is 2. The van der Waals surface area contributed by atoms with Gasteiger partial charge in [-0.1, -0.05) is 12.1 Å². The van der Waals surface area contributed by atoms with Gasteiger partial charge < -0.3 is 11.1 Å². The Morgan fingerprint density at radius 2 is 1.76 bits per heavy atom. The quantitative estimate of drug-likeness (QED) is 0.850. The molecule has 0 unspecified atom stereocenters. The second-order valence-corrected chi connectivity index (χ2v) is 6.79. The average molecular weight is 309 g/mol. The first kappa shape index (κ1) is 15.3. The van der Waals surface area contributed by atoms with Crippen molar-refractivity contribution in [1.82, 2.24) is 4.31 Å². The van der Waals surface area contributed by atoms with Gasteiger partial charge in [0.1, 0.15) is 5.82 Å². The molecular formula is C14H16FN3O2S. The fourth-order valence-electron chi connectivity index (χ4n) is 1.73. The minimum Gasteiger partial charge on any atom is -0.397 e. The van der Waals surface area contributed by atoms with Crippen LogP contribution in [0.5, 0.6) is 0 Å². The molecule has 2 aromatic rings. The average Bonchev–Trinajstić information content (AvgIpc) is 2.43. The van der Waals surface area contributed by atoms with Crippen molar-refractivity contribution in [2.24, 2.45) is 0 Å². The fourth-order valence-corrected chi connectivity index (χ4v) is 2.67. The molecule has 0 bridgehead atoms. The molecule has 0 aliphatic rings. The Morgan fingerprint density at radius 1 is 1.10 bits per heavy atom. The summed E-state index contributed by atoms with van der Waals surface area (Å²) in [6.07, 6.45) is 0. The van der Waals surface area contributed by atoms with Crippen molar-refractivity contribution in [3.05, 3.63) is 48.3 Å². The predicted molar refractivity (Wildman–Crippen MR) is 81.4 cm³/mol. The van der Waals surface area contributed by atoms with E-state index in [1.165, 1.54) is 38.4 Å². The van der Waals surface area contributed by atoms with Crippen molar-refractivity contribution in [3.8, 4) is 0 Å². The molecule has 0 atom stereocenters. The minimum absolute atomic E-state index is 0.0871. The molecule has 0 fully saturated rings. The second kappa shape index (κ2) is 5.71. The summed E-state index contributed by atoms with van der Waals surface area (Å²) in [5.74, 6) is -0.415. The van der Waals surface area contributed by atoms with Crippen LogP contribution < -0.4 is 11.1 Å². The SMILES string of the molecule is CN(C)S(=O)(=O)c1ccc(Nc2ccccc2F)c(N)c1. The largest absolute Gasteiger partial charge is 0.397 e. The highest BCUT2D eigenvalue weighted by Gasteiger charge is 2.18. The number of hydrogen-bond donors (Lipinski definition) is 2. The molecule has 2 aromatic carbocycles. The maximum Gasteiger partial charge on any atom is 0.242 e. The van der Waals surface area contributed by atoms with Gasteiger partial charge in [0.25, 0.3) is 0 Å². The predicted octanol–water partition coefficient (Wildman–Crippen LogP) is 2.40. The number of nitrogen functional groups attached to an aromatic ring is 1. The van der Waals surface area contributed by atoms with Crippen LogP contribution in [0.15, 0.2) is 47.4 Å². The number of para-hydroxylation sites is 1. The number of nitrogens with one attached hydrogen (secondary N) is 1. The van der Waals surface area contributed by atoms with Crippen LogP contribution in [-0.2, 0) is 10.0 Å². The van der Waals surface area contributed by atoms with Crippen molar-refractivity contribution in [1.29, 1.82) is 0 Å². The summed E-state index contributed by atoms with van der Waals surface area (Å²) in [5.41, 5.74) is 6.78. The summed E-state index contributed by atoms with van der Waals surface area (Å²) >= 11 is 0. The van der Waals surface area contributed by atoms with E-state index in [0.717, 1.165) is 4.31 Å². The maximum absolute atomic E-state index is 13.6. The van der Waals surface area contributed by atoms with Crippen LogP contribution in [0.2, 0.25) is 0 Å². The van der Waals surface area contributed by atoms with Crippen LogP contribution in [0.1, 0.15) is 0 Å². The number of sulfonamides is 1. The number of rotatable bonds is 4. The zero-order valence-corrected chi connectivity index (χ0v) is 12.5. The van der Waals surface area contributed by atoms with Gasteiger partial charge in [-0.25, -0.2) is 17.1 Å². The topological polar surface area (TPSA) is 75.4 Å². The summed E-state index contributed by atoms with van der Waals surface area (Å²) in [6, 6.07) is 10.4. The van der Waals surface area contributed by atoms with Crippen molar-refractivity contribution in [2.45, 2.75) is 4.90 Å². The first-order chi connectivity index (χ1) is 9.82. The van der Waals surface area contributed by atoms with Crippen LogP contribution in [0.4, 0.5) is 21.5 Å². The van der Waals surface area contributed by atoms with E-state index in [1.54, 1.807) is 18.2 Å². The summed E-state index contributed by atoms with van der Waals surface area (Å²) in [5, 5.41) is 2.84. The number of nitrogens with zero attached hydrogens (tertiary/aromatic N) is 1. The lowest BCUT2D eigenvalue weighted by Gasteiger charge is -2.14. The number of hydrogen-bond acceptors (Lipinski definition) is 4. The van der Waals surface area contributed by atoms with Crippen molar-refractivity contribution < 1.29 is 12.8 Å². The third-order valence-electron chi connectivity index (χ3n) is 2.94. The standard InChI is InChI=1S/C14H16FN3O2S/c1-18(2)21(19,20)10-7-8-14(12(16)9-10)17-13-6-4-3-5-11(13)15/h3-9,17H,16H2,1-2H3. The van der Waals surface area contributed by atoms with E-state index < -0.39 is 15.8 Å². The molecule has 0 aliphatic carbocycles. The fraction of sp³-hybridized carbons (Fsp3) is 0.143. The van der Waals surface area contributed by atoms with E-state index in [-0.39, 0.29) is 16.3 Å². The summed E-state index contributed by atoms with van der Waals surface area (Å²) < 4.78 is 38.7. The molecule has 0 heterocycles. The monoisotopic (exact) mass is 309 g/mol. The Hall–Kier alpha value is -2.12. The smallest absolute Gasteiger partial charge is 0.242 e. The Labute approximate surface area is 123 Å². The molecule has 3 N–H and O–H groups in total. The molecule has 0 saturated heterocycles.